The standard InChI is InChI=1S/C16H15N3O3S2/c20-10-6-9(7-10)13(12-2-1-4-23-12)18-14(21)11-8-17-16-19(15(11)22)3-5-24-16/h1-5,8-10,13,20H,6-7H2,(H,18,21)/t9?,10?,13-/m0/s1. The summed E-state index contributed by atoms with van der Waals surface area (Å²) in [6.45, 7) is 0. The first-order valence-corrected chi connectivity index (χ1v) is 9.36. The summed E-state index contributed by atoms with van der Waals surface area (Å²) in [5, 5.41) is 16.3. The quantitative estimate of drug-likeness (QED) is 0.745. The zero-order chi connectivity index (χ0) is 16.7. The SMILES string of the molecule is O=C(N[C@H](c1cccs1)C1CC(O)C1)c1cnc2sccn2c1=O. The number of carbonyl (C=O) groups excluding carboxylic acids is 1. The lowest BCUT2D eigenvalue weighted by Crippen LogP contribution is -2.42. The first-order chi connectivity index (χ1) is 11.6. The van der Waals surface area contributed by atoms with Gasteiger partial charge in [0.2, 0.25) is 0 Å². The number of aromatic nitrogens is 2. The molecule has 3 heterocycles. The van der Waals surface area contributed by atoms with E-state index < -0.39 is 5.91 Å². The predicted octanol–water partition coefficient (Wildman–Crippen LogP) is 2.06. The van der Waals surface area contributed by atoms with Gasteiger partial charge in [-0.2, -0.15) is 0 Å². The molecule has 1 aliphatic carbocycles. The van der Waals surface area contributed by atoms with Gasteiger partial charge in [0.1, 0.15) is 5.56 Å². The average Bonchev–Trinajstić information content (AvgIpc) is 3.21. The molecule has 8 heteroatoms. The number of thiophene rings is 1. The Hall–Kier alpha value is -2.03. The number of fused-ring (bicyclic) bond motifs is 1. The number of aliphatic hydroxyl groups excluding tert-OH is 1. The Balaban J connectivity index is 1.62. The molecule has 3 aromatic heterocycles. The maximum absolute atomic E-state index is 12.6. The van der Waals surface area contributed by atoms with Crippen LogP contribution in [0, 0.1) is 5.92 Å². The monoisotopic (exact) mass is 361 g/mol. The molecular formula is C16H15N3O3S2. The second-order valence-corrected chi connectivity index (χ2v) is 7.74. The maximum Gasteiger partial charge on any atom is 0.271 e. The molecule has 0 aromatic carbocycles. The Bertz CT molecular complexity index is 926. The van der Waals surface area contributed by atoms with Gasteiger partial charge < -0.3 is 10.4 Å². The molecular weight excluding hydrogens is 346 g/mol. The van der Waals surface area contributed by atoms with E-state index in [0.29, 0.717) is 17.8 Å². The molecule has 1 atom stereocenters. The van der Waals surface area contributed by atoms with Crippen LogP contribution in [0.5, 0.6) is 0 Å². The highest BCUT2D eigenvalue weighted by Crippen LogP contribution is 2.39. The van der Waals surface area contributed by atoms with Crippen molar-refractivity contribution in [2.45, 2.75) is 25.0 Å². The zero-order valence-corrected chi connectivity index (χ0v) is 14.2. The van der Waals surface area contributed by atoms with Crippen molar-refractivity contribution in [1.82, 2.24) is 14.7 Å². The summed E-state index contributed by atoms with van der Waals surface area (Å²) in [6, 6.07) is 3.71. The van der Waals surface area contributed by atoms with Crippen LogP contribution in [0.15, 0.2) is 40.1 Å². The number of nitrogens with one attached hydrogen (secondary N) is 1. The summed E-state index contributed by atoms with van der Waals surface area (Å²) in [5.41, 5.74) is -0.329. The van der Waals surface area contributed by atoms with Crippen molar-refractivity contribution >= 4 is 33.5 Å². The average molecular weight is 361 g/mol. The molecule has 24 heavy (non-hydrogen) atoms. The number of thiazole rings is 1. The molecule has 3 aromatic rings. The molecule has 6 nitrogen and oxygen atoms in total. The first-order valence-electron chi connectivity index (χ1n) is 7.60. The molecule has 0 bridgehead atoms. The van der Waals surface area contributed by atoms with Gasteiger partial charge in [0, 0.05) is 22.7 Å². The second kappa shape index (κ2) is 6.12. The molecule has 0 aliphatic heterocycles. The van der Waals surface area contributed by atoms with Crippen molar-refractivity contribution in [3.8, 4) is 0 Å². The number of aliphatic hydroxyl groups is 1. The van der Waals surface area contributed by atoms with Crippen LogP contribution in [0.4, 0.5) is 0 Å². The van der Waals surface area contributed by atoms with Crippen molar-refractivity contribution in [3.05, 3.63) is 56.1 Å². The molecule has 1 amide bonds. The van der Waals surface area contributed by atoms with Crippen LogP contribution in [-0.4, -0.2) is 26.5 Å². The fourth-order valence-electron chi connectivity index (χ4n) is 2.99. The summed E-state index contributed by atoms with van der Waals surface area (Å²) in [5.74, 6) is -0.240. The fourth-order valence-corrected chi connectivity index (χ4v) is 4.54. The molecule has 1 fully saturated rings. The summed E-state index contributed by atoms with van der Waals surface area (Å²) in [4.78, 5) is 30.8. The van der Waals surface area contributed by atoms with E-state index in [0.717, 1.165) is 4.88 Å². The van der Waals surface area contributed by atoms with Gasteiger partial charge in [-0.1, -0.05) is 6.07 Å². The van der Waals surface area contributed by atoms with Crippen LogP contribution < -0.4 is 10.9 Å². The first kappa shape index (κ1) is 15.5. The summed E-state index contributed by atoms with van der Waals surface area (Å²) in [6.07, 6.45) is 3.96. The van der Waals surface area contributed by atoms with Crippen LogP contribution in [0.25, 0.3) is 4.96 Å². The molecule has 1 saturated carbocycles. The van der Waals surface area contributed by atoms with Gasteiger partial charge in [0.05, 0.1) is 12.1 Å². The summed E-state index contributed by atoms with van der Waals surface area (Å²) in [7, 11) is 0. The van der Waals surface area contributed by atoms with Crippen LogP contribution in [-0.2, 0) is 0 Å². The second-order valence-electron chi connectivity index (χ2n) is 5.88. The zero-order valence-electron chi connectivity index (χ0n) is 12.6. The van der Waals surface area contributed by atoms with Crippen LogP contribution in [0.3, 0.4) is 0 Å². The Morgan fingerprint density at radius 2 is 2.21 bits per heavy atom. The number of hydrogen-bond donors (Lipinski definition) is 2. The molecule has 1 aliphatic rings. The van der Waals surface area contributed by atoms with Gasteiger partial charge >= 0.3 is 0 Å². The topological polar surface area (TPSA) is 83.7 Å². The maximum atomic E-state index is 12.6. The molecule has 0 radical (unpaired) electrons. The fraction of sp³-hybridized carbons (Fsp3) is 0.312. The Labute approximate surface area is 145 Å². The minimum atomic E-state index is -0.423. The number of amides is 1. The molecule has 0 spiro atoms. The third-order valence-electron chi connectivity index (χ3n) is 4.34. The highest BCUT2D eigenvalue weighted by Gasteiger charge is 2.36. The van der Waals surface area contributed by atoms with Gasteiger partial charge in [0.25, 0.3) is 11.5 Å². The highest BCUT2D eigenvalue weighted by atomic mass is 32.1. The van der Waals surface area contributed by atoms with Crippen LogP contribution >= 0.6 is 22.7 Å². The Kier molecular flexibility index (Phi) is 3.95. The van der Waals surface area contributed by atoms with Gasteiger partial charge in [-0.3, -0.25) is 14.0 Å². The molecule has 4 rings (SSSR count). The smallest absolute Gasteiger partial charge is 0.271 e. The van der Waals surface area contributed by atoms with E-state index in [1.54, 1.807) is 22.9 Å². The van der Waals surface area contributed by atoms with Crippen molar-refractivity contribution < 1.29 is 9.90 Å². The normalized spacial score (nSPS) is 21.4. The lowest BCUT2D eigenvalue weighted by Gasteiger charge is -2.37. The molecule has 124 valence electrons. The molecule has 0 unspecified atom stereocenters. The summed E-state index contributed by atoms with van der Waals surface area (Å²) >= 11 is 2.91. The molecule has 0 saturated heterocycles. The van der Waals surface area contributed by atoms with Crippen LogP contribution in [0.1, 0.15) is 34.1 Å². The van der Waals surface area contributed by atoms with E-state index in [1.807, 2.05) is 17.5 Å². The Morgan fingerprint density at radius 3 is 2.92 bits per heavy atom. The van der Waals surface area contributed by atoms with E-state index in [2.05, 4.69) is 10.3 Å². The number of rotatable bonds is 4. The van der Waals surface area contributed by atoms with E-state index in [4.69, 9.17) is 0 Å². The Morgan fingerprint density at radius 1 is 1.38 bits per heavy atom. The van der Waals surface area contributed by atoms with E-state index in [1.165, 1.54) is 21.9 Å². The van der Waals surface area contributed by atoms with Crippen LogP contribution in [0.2, 0.25) is 0 Å². The van der Waals surface area contributed by atoms with Gasteiger partial charge in [-0.05, 0) is 30.2 Å². The van der Waals surface area contributed by atoms with Crippen molar-refractivity contribution in [2.24, 2.45) is 5.92 Å². The minimum absolute atomic E-state index is 0.0346. The number of nitrogens with zero attached hydrogens (tertiary/aromatic N) is 2. The lowest BCUT2D eigenvalue weighted by molar-refractivity contribution is 0.0241. The third-order valence-corrected chi connectivity index (χ3v) is 6.07. The lowest BCUT2D eigenvalue weighted by atomic mass is 9.76. The predicted molar refractivity (Wildman–Crippen MR) is 92.6 cm³/mol. The van der Waals surface area contributed by atoms with Gasteiger partial charge in [-0.25, -0.2) is 4.98 Å². The van der Waals surface area contributed by atoms with Crippen molar-refractivity contribution in [3.63, 3.8) is 0 Å². The number of hydrogen-bond acceptors (Lipinski definition) is 6. The van der Waals surface area contributed by atoms with E-state index >= 15 is 0 Å². The third kappa shape index (κ3) is 2.66. The van der Waals surface area contributed by atoms with Gasteiger partial charge in [0.15, 0.2) is 4.96 Å². The number of carbonyl (C=O) groups is 1. The largest absolute Gasteiger partial charge is 0.393 e. The van der Waals surface area contributed by atoms with E-state index in [-0.39, 0.29) is 29.2 Å². The van der Waals surface area contributed by atoms with Crippen molar-refractivity contribution in [2.75, 3.05) is 0 Å². The van der Waals surface area contributed by atoms with Gasteiger partial charge in [-0.15, -0.1) is 22.7 Å². The summed E-state index contributed by atoms with van der Waals surface area (Å²) < 4.78 is 1.38. The molecule has 2 N–H and O–H groups in total. The van der Waals surface area contributed by atoms with Crippen molar-refractivity contribution in [1.29, 1.82) is 0 Å². The van der Waals surface area contributed by atoms with E-state index in [9.17, 15) is 14.7 Å². The highest BCUT2D eigenvalue weighted by molar-refractivity contribution is 7.15. The minimum Gasteiger partial charge on any atom is -0.393 e.